The lowest BCUT2D eigenvalue weighted by Crippen LogP contribution is -2.34. The van der Waals surface area contributed by atoms with Crippen LogP contribution >= 0.6 is 0 Å². The van der Waals surface area contributed by atoms with E-state index in [9.17, 15) is 4.79 Å². The first kappa shape index (κ1) is 14.7. The van der Waals surface area contributed by atoms with Gasteiger partial charge in [0.1, 0.15) is 0 Å². The summed E-state index contributed by atoms with van der Waals surface area (Å²) < 4.78 is 0. The summed E-state index contributed by atoms with van der Waals surface area (Å²) in [5.41, 5.74) is 1.53. The van der Waals surface area contributed by atoms with Crippen LogP contribution in [0.15, 0.2) is 42.5 Å². The molecule has 2 aromatic rings. The van der Waals surface area contributed by atoms with Crippen LogP contribution < -0.4 is 5.32 Å². The number of amides is 1. The first-order valence-corrected chi connectivity index (χ1v) is 8.61. The Labute approximate surface area is 137 Å². The van der Waals surface area contributed by atoms with E-state index in [-0.39, 0.29) is 5.92 Å². The SMILES string of the molecule is CN(Cc1ccc2ccccc2c1)C(=O)C1CC12CCNCC2. The van der Waals surface area contributed by atoms with Crippen LogP contribution in [0.3, 0.4) is 0 Å². The molecule has 3 heteroatoms. The Bertz CT molecular complexity index is 733. The summed E-state index contributed by atoms with van der Waals surface area (Å²) in [5, 5.41) is 5.89. The molecule has 1 unspecified atom stereocenters. The highest BCUT2D eigenvalue weighted by Gasteiger charge is 2.58. The van der Waals surface area contributed by atoms with E-state index in [4.69, 9.17) is 0 Å². The molecule has 1 spiro atoms. The molecule has 1 atom stereocenters. The molecule has 2 fully saturated rings. The van der Waals surface area contributed by atoms with Gasteiger partial charge < -0.3 is 10.2 Å². The lowest BCUT2D eigenvalue weighted by Gasteiger charge is -2.25. The van der Waals surface area contributed by atoms with Gasteiger partial charge in [-0.15, -0.1) is 0 Å². The van der Waals surface area contributed by atoms with Crippen molar-refractivity contribution in [1.82, 2.24) is 10.2 Å². The highest BCUT2D eigenvalue weighted by atomic mass is 16.2. The maximum absolute atomic E-state index is 12.8. The van der Waals surface area contributed by atoms with Crippen molar-refractivity contribution in [3.05, 3.63) is 48.0 Å². The predicted octanol–water partition coefficient (Wildman–Crippen LogP) is 3.19. The van der Waals surface area contributed by atoms with Crippen molar-refractivity contribution in [2.75, 3.05) is 20.1 Å². The number of carbonyl (C=O) groups is 1. The number of nitrogens with one attached hydrogen (secondary N) is 1. The van der Waals surface area contributed by atoms with Crippen LogP contribution in [-0.2, 0) is 11.3 Å². The van der Waals surface area contributed by atoms with E-state index in [1.54, 1.807) is 0 Å². The molecule has 1 saturated carbocycles. The van der Waals surface area contributed by atoms with E-state index < -0.39 is 0 Å². The number of benzene rings is 2. The molecule has 1 heterocycles. The Morgan fingerprint density at radius 1 is 1.17 bits per heavy atom. The molecule has 1 amide bonds. The van der Waals surface area contributed by atoms with Crippen molar-refractivity contribution in [2.45, 2.75) is 25.8 Å². The lowest BCUT2D eigenvalue weighted by molar-refractivity contribution is -0.132. The molecule has 0 radical (unpaired) electrons. The molecule has 1 saturated heterocycles. The zero-order valence-electron chi connectivity index (χ0n) is 13.7. The topological polar surface area (TPSA) is 32.3 Å². The minimum Gasteiger partial charge on any atom is -0.341 e. The van der Waals surface area contributed by atoms with Crippen LogP contribution in [0, 0.1) is 11.3 Å². The Balaban J connectivity index is 1.44. The fourth-order valence-electron chi connectivity index (χ4n) is 4.13. The molecule has 1 aliphatic carbocycles. The number of piperidine rings is 1. The predicted molar refractivity (Wildman–Crippen MR) is 93.1 cm³/mol. The van der Waals surface area contributed by atoms with Gasteiger partial charge in [0.2, 0.25) is 5.91 Å². The number of fused-ring (bicyclic) bond motifs is 1. The standard InChI is InChI=1S/C20H24N2O/c1-22(19(23)18-13-20(18)8-10-21-11-9-20)14-15-6-7-16-4-2-3-5-17(16)12-15/h2-7,12,18,21H,8-11,13-14H2,1H3. The smallest absolute Gasteiger partial charge is 0.226 e. The van der Waals surface area contributed by atoms with Crippen LogP contribution in [0.5, 0.6) is 0 Å². The van der Waals surface area contributed by atoms with Crippen LogP contribution in [0.4, 0.5) is 0 Å². The van der Waals surface area contributed by atoms with Gasteiger partial charge in [0.25, 0.3) is 0 Å². The maximum atomic E-state index is 12.8. The fraction of sp³-hybridized carbons (Fsp3) is 0.450. The first-order chi connectivity index (χ1) is 11.2. The van der Waals surface area contributed by atoms with Crippen LogP contribution in [-0.4, -0.2) is 30.9 Å². The minimum absolute atomic E-state index is 0.259. The number of hydrogen-bond donors (Lipinski definition) is 1. The third kappa shape index (κ3) is 2.74. The van der Waals surface area contributed by atoms with Gasteiger partial charge in [0.05, 0.1) is 0 Å². The summed E-state index contributed by atoms with van der Waals surface area (Å²) in [6, 6.07) is 14.9. The molecule has 23 heavy (non-hydrogen) atoms. The molecule has 0 bridgehead atoms. The van der Waals surface area contributed by atoms with Crippen molar-refractivity contribution in [3.63, 3.8) is 0 Å². The van der Waals surface area contributed by atoms with E-state index in [0.29, 0.717) is 17.9 Å². The molecule has 2 aliphatic rings. The van der Waals surface area contributed by atoms with Gasteiger partial charge >= 0.3 is 0 Å². The van der Waals surface area contributed by atoms with Crippen molar-refractivity contribution in [2.24, 2.45) is 11.3 Å². The van der Waals surface area contributed by atoms with Crippen molar-refractivity contribution < 1.29 is 4.79 Å². The summed E-state index contributed by atoms with van der Waals surface area (Å²) in [6.45, 7) is 2.84. The van der Waals surface area contributed by atoms with E-state index >= 15 is 0 Å². The third-order valence-corrected chi connectivity index (χ3v) is 5.70. The average molecular weight is 308 g/mol. The molecule has 0 aromatic heterocycles. The van der Waals surface area contributed by atoms with Gasteiger partial charge in [0, 0.05) is 19.5 Å². The molecular weight excluding hydrogens is 284 g/mol. The van der Waals surface area contributed by atoms with Gasteiger partial charge in [0.15, 0.2) is 0 Å². The molecule has 3 nitrogen and oxygen atoms in total. The van der Waals surface area contributed by atoms with Gasteiger partial charge in [-0.05, 0) is 60.2 Å². The average Bonchev–Trinajstić information content (AvgIpc) is 3.27. The monoisotopic (exact) mass is 308 g/mol. The Kier molecular flexibility index (Phi) is 3.61. The van der Waals surface area contributed by atoms with Crippen LogP contribution in [0.2, 0.25) is 0 Å². The maximum Gasteiger partial charge on any atom is 0.226 e. The summed E-state index contributed by atoms with van der Waals surface area (Å²) in [4.78, 5) is 14.7. The number of carbonyl (C=O) groups excluding carboxylic acids is 1. The Morgan fingerprint density at radius 3 is 2.70 bits per heavy atom. The largest absolute Gasteiger partial charge is 0.341 e. The second kappa shape index (κ2) is 5.64. The third-order valence-electron chi connectivity index (χ3n) is 5.70. The molecule has 2 aromatic carbocycles. The molecule has 4 rings (SSSR count). The van der Waals surface area contributed by atoms with Crippen LogP contribution in [0.1, 0.15) is 24.8 Å². The highest BCUT2D eigenvalue weighted by molar-refractivity contribution is 5.84. The van der Waals surface area contributed by atoms with E-state index in [1.165, 1.54) is 16.3 Å². The summed E-state index contributed by atoms with van der Waals surface area (Å²) in [5.74, 6) is 0.593. The second-order valence-electron chi connectivity index (χ2n) is 7.24. The second-order valence-corrected chi connectivity index (χ2v) is 7.24. The lowest BCUT2D eigenvalue weighted by atomic mass is 9.91. The van der Waals surface area contributed by atoms with Crippen molar-refractivity contribution >= 4 is 16.7 Å². The summed E-state index contributed by atoms with van der Waals surface area (Å²) in [6.07, 6.45) is 3.41. The zero-order chi connectivity index (χ0) is 15.9. The van der Waals surface area contributed by atoms with E-state index in [1.807, 2.05) is 11.9 Å². The zero-order valence-corrected chi connectivity index (χ0v) is 13.7. The van der Waals surface area contributed by atoms with Gasteiger partial charge in [-0.1, -0.05) is 36.4 Å². The Morgan fingerprint density at radius 2 is 1.91 bits per heavy atom. The van der Waals surface area contributed by atoms with E-state index in [0.717, 1.165) is 32.4 Å². The van der Waals surface area contributed by atoms with E-state index in [2.05, 4.69) is 47.8 Å². The van der Waals surface area contributed by atoms with Crippen LogP contribution in [0.25, 0.3) is 10.8 Å². The first-order valence-electron chi connectivity index (χ1n) is 8.61. The quantitative estimate of drug-likeness (QED) is 0.944. The molecule has 1 N–H and O–H groups in total. The highest BCUT2D eigenvalue weighted by Crippen LogP contribution is 2.59. The van der Waals surface area contributed by atoms with Gasteiger partial charge in [-0.2, -0.15) is 0 Å². The normalized spacial score (nSPS) is 22.2. The number of rotatable bonds is 3. The molecule has 120 valence electrons. The fourth-order valence-corrected chi connectivity index (χ4v) is 4.13. The van der Waals surface area contributed by atoms with Crippen molar-refractivity contribution in [3.8, 4) is 0 Å². The van der Waals surface area contributed by atoms with Gasteiger partial charge in [-0.3, -0.25) is 4.79 Å². The summed E-state index contributed by atoms with van der Waals surface area (Å²) in [7, 11) is 1.95. The van der Waals surface area contributed by atoms with Gasteiger partial charge in [-0.25, -0.2) is 0 Å². The minimum atomic E-state index is 0.259. The molecule has 1 aliphatic heterocycles. The molecular formula is C20H24N2O. The Hall–Kier alpha value is -1.87. The number of nitrogens with zero attached hydrogens (tertiary/aromatic N) is 1. The van der Waals surface area contributed by atoms with Crippen molar-refractivity contribution in [1.29, 1.82) is 0 Å². The number of hydrogen-bond acceptors (Lipinski definition) is 2. The summed E-state index contributed by atoms with van der Waals surface area (Å²) >= 11 is 0.